The zero-order chi connectivity index (χ0) is 9.57. The Hall–Kier alpha value is 0. The second-order valence-corrected chi connectivity index (χ2v) is 5.87. The first-order chi connectivity index (χ1) is 5.31. The summed E-state index contributed by atoms with van der Waals surface area (Å²) < 4.78 is 0. The minimum atomic E-state index is 0.568. The van der Waals surface area contributed by atoms with Gasteiger partial charge in [0.2, 0.25) is 0 Å². The van der Waals surface area contributed by atoms with Crippen LogP contribution in [0.3, 0.4) is 0 Å². The molecule has 0 aliphatic heterocycles. The molecule has 1 saturated carbocycles. The van der Waals surface area contributed by atoms with Gasteiger partial charge in [0.25, 0.3) is 0 Å². The van der Waals surface area contributed by atoms with E-state index in [1.807, 2.05) is 0 Å². The first kappa shape index (κ1) is 10.1. The highest BCUT2D eigenvalue weighted by molar-refractivity contribution is 4.97. The van der Waals surface area contributed by atoms with Crippen molar-refractivity contribution in [3.8, 4) is 0 Å². The Morgan fingerprint density at radius 3 is 1.75 bits per heavy atom. The quantitative estimate of drug-likeness (QED) is 0.553. The minimum Gasteiger partial charge on any atom is -0.0622 e. The third-order valence-corrected chi connectivity index (χ3v) is 4.79. The highest BCUT2D eigenvalue weighted by Gasteiger charge is 2.48. The highest BCUT2D eigenvalue weighted by atomic mass is 14.5. The van der Waals surface area contributed by atoms with Crippen molar-refractivity contribution in [3.63, 3.8) is 0 Å². The fraction of sp³-hybridized carbons (Fsp3) is 1.00. The van der Waals surface area contributed by atoms with Crippen LogP contribution in [0.1, 0.15) is 54.4 Å². The first-order valence-electron chi connectivity index (χ1n) is 5.31. The van der Waals surface area contributed by atoms with E-state index >= 15 is 0 Å². The van der Waals surface area contributed by atoms with Gasteiger partial charge in [0.1, 0.15) is 0 Å². The zero-order valence-corrected chi connectivity index (χ0v) is 9.57. The molecule has 0 aromatic carbocycles. The van der Waals surface area contributed by atoms with Crippen molar-refractivity contribution in [3.05, 3.63) is 0 Å². The van der Waals surface area contributed by atoms with Crippen LogP contribution >= 0.6 is 0 Å². The molecule has 0 spiro atoms. The van der Waals surface area contributed by atoms with Crippen molar-refractivity contribution in [2.75, 3.05) is 0 Å². The van der Waals surface area contributed by atoms with Crippen LogP contribution in [0.15, 0.2) is 0 Å². The van der Waals surface area contributed by atoms with Crippen LogP contribution in [0.2, 0.25) is 0 Å². The van der Waals surface area contributed by atoms with Gasteiger partial charge in [-0.05, 0) is 35.5 Å². The molecular weight excluding hydrogens is 144 g/mol. The van der Waals surface area contributed by atoms with Crippen LogP contribution in [-0.2, 0) is 0 Å². The molecule has 1 aliphatic rings. The van der Waals surface area contributed by atoms with Gasteiger partial charge in [-0.25, -0.2) is 0 Å². The van der Waals surface area contributed by atoms with Crippen molar-refractivity contribution < 1.29 is 0 Å². The summed E-state index contributed by atoms with van der Waals surface area (Å²) in [4.78, 5) is 0. The second kappa shape index (κ2) is 2.75. The summed E-state index contributed by atoms with van der Waals surface area (Å²) in [6.07, 6.45) is 2.82. The molecule has 1 rings (SSSR count). The normalized spacial score (nSPS) is 40.8. The molecule has 72 valence electrons. The van der Waals surface area contributed by atoms with Crippen molar-refractivity contribution >= 4 is 0 Å². The summed E-state index contributed by atoms with van der Waals surface area (Å²) in [5.41, 5.74) is 1.16. The summed E-state index contributed by atoms with van der Waals surface area (Å²) in [5.74, 6) is 1.69. The topological polar surface area (TPSA) is 0 Å². The summed E-state index contributed by atoms with van der Waals surface area (Å²) >= 11 is 0. The van der Waals surface area contributed by atoms with E-state index in [0.29, 0.717) is 10.8 Å². The lowest BCUT2D eigenvalue weighted by atomic mass is 9.67. The van der Waals surface area contributed by atoms with Gasteiger partial charge in [-0.1, -0.05) is 41.5 Å². The number of rotatable bonds is 1. The van der Waals surface area contributed by atoms with E-state index in [9.17, 15) is 0 Å². The Bertz CT molecular complexity index is 167. The van der Waals surface area contributed by atoms with E-state index in [0.717, 1.165) is 11.8 Å². The molecule has 0 radical (unpaired) electrons. The van der Waals surface area contributed by atoms with E-state index in [1.54, 1.807) is 0 Å². The smallest absolute Gasteiger partial charge is 0.0272 e. The molecule has 0 heterocycles. The zero-order valence-electron chi connectivity index (χ0n) is 9.57. The van der Waals surface area contributed by atoms with Crippen LogP contribution in [0, 0.1) is 22.7 Å². The number of hydrogen-bond acceptors (Lipinski definition) is 0. The molecule has 1 fully saturated rings. The van der Waals surface area contributed by atoms with Crippen LogP contribution in [0.4, 0.5) is 0 Å². The van der Waals surface area contributed by atoms with Crippen molar-refractivity contribution in [2.24, 2.45) is 22.7 Å². The Morgan fingerprint density at radius 2 is 1.58 bits per heavy atom. The molecule has 0 aromatic heterocycles. The maximum atomic E-state index is 2.47. The highest BCUT2D eigenvalue weighted by Crippen LogP contribution is 2.56. The molecule has 0 amide bonds. The first-order valence-corrected chi connectivity index (χ1v) is 5.31. The Morgan fingerprint density at radius 1 is 1.08 bits per heavy atom. The summed E-state index contributed by atoms with van der Waals surface area (Å²) in [6.45, 7) is 14.5. The monoisotopic (exact) mass is 168 g/mol. The minimum absolute atomic E-state index is 0.568. The van der Waals surface area contributed by atoms with E-state index in [-0.39, 0.29) is 0 Å². The Balaban J connectivity index is 2.85. The van der Waals surface area contributed by atoms with Crippen LogP contribution in [-0.4, -0.2) is 0 Å². The Kier molecular flexibility index (Phi) is 2.31. The molecule has 2 atom stereocenters. The molecular formula is C12H24. The third kappa shape index (κ3) is 1.30. The molecule has 0 saturated heterocycles. The molecule has 0 N–H and O–H groups in total. The molecule has 0 heteroatoms. The Labute approximate surface area is 77.7 Å². The van der Waals surface area contributed by atoms with Gasteiger partial charge in [-0.15, -0.1) is 0 Å². The fourth-order valence-electron chi connectivity index (χ4n) is 2.71. The van der Waals surface area contributed by atoms with Crippen LogP contribution in [0.25, 0.3) is 0 Å². The summed E-state index contributed by atoms with van der Waals surface area (Å²) in [7, 11) is 0. The molecule has 2 unspecified atom stereocenters. The van der Waals surface area contributed by atoms with E-state index in [1.165, 1.54) is 12.8 Å². The third-order valence-electron chi connectivity index (χ3n) is 4.79. The largest absolute Gasteiger partial charge is 0.0622 e. The fourth-order valence-corrected chi connectivity index (χ4v) is 2.71. The van der Waals surface area contributed by atoms with E-state index < -0.39 is 0 Å². The lowest BCUT2D eigenvalue weighted by Crippen LogP contribution is -2.31. The van der Waals surface area contributed by atoms with Crippen molar-refractivity contribution in [1.29, 1.82) is 0 Å². The summed E-state index contributed by atoms with van der Waals surface area (Å²) in [6, 6.07) is 0. The maximum absolute atomic E-state index is 2.47. The van der Waals surface area contributed by atoms with Gasteiger partial charge >= 0.3 is 0 Å². The van der Waals surface area contributed by atoms with E-state index in [2.05, 4.69) is 41.5 Å². The standard InChI is InChI=1S/C12H24/c1-9(2)12(6)8-7-11(4,5)10(12)3/h9-10H,7-8H2,1-6H3. The van der Waals surface area contributed by atoms with Gasteiger partial charge in [0.15, 0.2) is 0 Å². The van der Waals surface area contributed by atoms with Crippen LogP contribution < -0.4 is 0 Å². The number of hydrogen-bond donors (Lipinski definition) is 0. The molecule has 0 bridgehead atoms. The molecule has 0 aromatic rings. The van der Waals surface area contributed by atoms with Crippen molar-refractivity contribution in [2.45, 2.75) is 54.4 Å². The van der Waals surface area contributed by atoms with Crippen molar-refractivity contribution in [1.82, 2.24) is 0 Å². The predicted octanol–water partition coefficient (Wildman–Crippen LogP) is 4.10. The van der Waals surface area contributed by atoms with Gasteiger partial charge in [-0.2, -0.15) is 0 Å². The van der Waals surface area contributed by atoms with Gasteiger partial charge < -0.3 is 0 Å². The lowest BCUT2D eigenvalue weighted by molar-refractivity contribution is 0.107. The van der Waals surface area contributed by atoms with E-state index in [4.69, 9.17) is 0 Å². The van der Waals surface area contributed by atoms with Crippen LogP contribution in [0.5, 0.6) is 0 Å². The van der Waals surface area contributed by atoms with Gasteiger partial charge in [-0.3, -0.25) is 0 Å². The maximum Gasteiger partial charge on any atom is -0.0272 e. The lowest BCUT2D eigenvalue weighted by Gasteiger charge is -2.38. The molecule has 12 heavy (non-hydrogen) atoms. The summed E-state index contributed by atoms with van der Waals surface area (Å²) in [5, 5.41) is 0. The average Bonchev–Trinajstić information content (AvgIpc) is 2.15. The molecule has 0 nitrogen and oxygen atoms in total. The van der Waals surface area contributed by atoms with Gasteiger partial charge in [0, 0.05) is 0 Å². The second-order valence-electron chi connectivity index (χ2n) is 5.87. The SMILES string of the molecule is CC(C)C1(C)CCC(C)(C)C1C. The average molecular weight is 168 g/mol. The predicted molar refractivity (Wildman–Crippen MR) is 55.1 cm³/mol. The molecule has 1 aliphatic carbocycles. The van der Waals surface area contributed by atoms with Gasteiger partial charge in [0.05, 0.1) is 0 Å².